The minimum atomic E-state index is -0.402. The third kappa shape index (κ3) is 0.798. The quantitative estimate of drug-likeness (QED) is 0.363. The van der Waals surface area contributed by atoms with Crippen LogP contribution in [0.4, 0.5) is 0 Å². The third-order valence-corrected chi connectivity index (χ3v) is 6.89. The van der Waals surface area contributed by atoms with Crippen molar-refractivity contribution in [2.24, 2.45) is 35.5 Å². The normalized spacial score (nSPS) is 70.8. The Morgan fingerprint density at radius 3 is 2.53 bits per heavy atom. The first kappa shape index (κ1) is 8.60. The maximum Gasteiger partial charge on any atom is 0.121 e. The molecule has 0 radical (unpaired) electrons. The molecule has 0 unspecified atom stereocenters. The molecule has 1 saturated heterocycles. The molecule has 5 fully saturated rings. The van der Waals surface area contributed by atoms with Gasteiger partial charge < -0.3 is 4.74 Å². The van der Waals surface area contributed by atoms with Gasteiger partial charge in [-0.3, -0.25) is 0 Å². The number of hydrogen-bond acceptors (Lipinski definition) is 1. The van der Waals surface area contributed by atoms with E-state index in [-0.39, 0.29) is 0 Å². The van der Waals surface area contributed by atoms with Crippen LogP contribution < -0.4 is 0 Å². The second-order valence-corrected chi connectivity index (χ2v) is 7.89. The maximum absolute atomic E-state index is 6.45. The van der Waals surface area contributed by atoms with Gasteiger partial charge in [0.15, 0.2) is 0 Å². The lowest BCUT2D eigenvalue weighted by Gasteiger charge is -2.38. The Morgan fingerprint density at radius 2 is 1.73 bits per heavy atom. The van der Waals surface area contributed by atoms with Gasteiger partial charge in [-0.25, -0.2) is 0 Å². The van der Waals surface area contributed by atoms with Crippen molar-refractivity contribution in [1.29, 1.82) is 0 Å². The molecule has 0 aromatic carbocycles. The highest BCUT2D eigenvalue weighted by molar-refractivity contribution is 6.48. The zero-order valence-corrected chi connectivity index (χ0v) is 9.92. The molecule has 15 heavy (non-hydrogen) atoms. The molecule has 5 aliphatic rings. The van der Waals surface area contributed by atoms with E-state index in [0.717, 1.165) is 36.0 Å². The molecule has 1 aliphatic heterocycles. The van der Waals surface area contributed by atoms with E-state index in [1.807, 2.05) is 0 Å². The van der Waals surface area contributed by atoms with Crippen LogP contribution in [0.15, 0.2) is 0 Å². The highest BCUT2D eigenvalue weighted by Crippen LogP contribution is 2.75. The van der Waals surface area contributed by atoms with Crippen molar-refractivity contribution in [2.45, 2.75) is 35.8 Å². The lowest BCUT2D eigenvalue weighted by Crippen LogP contribution is -2.40. The van der Waals surface area contributed by atoms with E-state index < -0.39 is 4.33 Å². The van der Waals surface area contributed by atoms with Crippen molar-refractivity contribution in [3.05, 3.63) is 0 Å². The van der Waals surface area contributed by atoms with Crippen molar-refractivity contribution in [1.82, 2.24) is 0 Å². The third-order valence-electron chi connectivity index (χ3n) is 6.03. The summed E-state index contributed by atoms with van der Waals surface area (Å²) >= 11 is 12.9. The first-order valence-electron chi connectivity index (χ1n) is 6.20. The second kappa shape index (κ2) is 2.23. The minimum absolute atomic E-state index is 0.402. The number of fused-ring (bicyclic) bond motifs is 12. The average molecular weight is 245 g/mol. The highest BCUT2D eigenvalue weighted by atomic mass is 35.5. The van der Waals surface area contributed by atoms with Crippen LogP contribution in [0.1, 0.15) is 19.3 Å². The summed E-state index contributed by atoms with van der Waals surface area (Å²) in [7, 11) is 0. The first-order chi connectivity index (χ1) is 7.17. The predicted molar refractivity (Wildman–Crippen MR) is 57.9 cm³/mol. The Kier molecular flexibility index (Phi) is 1.28. The van der Waals surface area contributed by atoms with Crippen LogP contribution in [0.25, 0.3) is 0 Å². The predicted octanol–water partition coefficient (Wildman–Crippen LogP) is 2.85. The molecule has 0 amide bonds. The molecule has 4 bridgehead atoms. The number of hydrogen-bond donors (Lipinski definition) is 0. The monoisotopic (exact) mass is 244 g/mol. The molecule has 0 aromatic rings. The van der Waals surface area contributed by atoms with Gasteiger partial charge in [0.05, 0.1) is 12.2 Å². The van der Waals surface area contributed by atoms with E-state index in [1.165, 1.54) is 12.8 Å². The van der Waals surface area contributed by atoms with Gasteiger partial charge in [0.25, 0.3) is 0 Å². The Hall–Kier alpha value is 0.540. The highest BCUT2D eigenvalue weighted by Gasteiger charge is 2.75. The molecular weight excluding hydrogens is 231 g/mol. The Bertz CT molecular complexity index is 354. The Balaban J connectivity index is 1.61. The fourth-order valence-electron chi connectivity index (χ4n) is 5.78. The van der Waals surface area contributed by atoms with Crippen LogP contribution in [0.5, 0.6) is 0 Å². The standard InChI is InChI=1S/C12H14Cl2O/c13-12(14)3-4-1-7(12)9-6-2-5(8(4)9)10-11(6)15-10/h4-11H,1-3H2/t4-,5+,6+,7-,8+,9-,10-,11-/m1/s1. The topological polar surface area (TPSA) is 12.5 Å². The molecule has 0 spiro atoms. The smallest absolute Gasteiger partial charge is 0.121 e. The molecule has 4 saturated carbocycles. The van der Waals surface area contributed by atoms with Crippen LogP contribution >= 0.6 is 23.2 Å². The molecule has 0 aromatic heterocycles. The van der Waals surface area contributed by atoms with Gasteiger partial charge in [0.1, 0.15) is 4.33 Å². The first-order valence-corrected chi connectivity index (χ1v) is 6.96. The van der Waals surface area contributed by atoms with Crippen molar-refractivity contribution >= 4 is 23.2 Å². The molecular formula is C12H14Cl2O. The Labute approximate surface area is 99.4 Å². The zero-order chi connectivity index (χ0) is 9.95. The summed E-state index contributed by atoms with van der Waals surface area (Å²) in [5, 5.41) is 0. The molecule has 1 nitrogen and oxygen atoms in total. The van der Waals surface area contributed by atoms with Crippen molar-refractivity contribution in [3.8, 4) is 0 Å². The van der Waals surface area contributed by atoms with Gasteiger partial charge in [-0.15, -0.1) is 23.2 Å². The summed E-state index contributed by atoms with van der Waals surface area (Å²) in [5.74, 6) is 4.83. The Morgan fingerprint density at radius 1 is 1.00 bits per heavy atom. The van der Waals surface area contributed by atoms with Gasteiger partial charge >= 0.3 is 0 Å². The summed E-state index contributed by atoms with van der Waals surface area (Å²) < 4.78 is 5.38. The van der Waals surface area contributed by atoms with Crippen LogP contribution in [0.2, 0.25) is 0 Å². The molecule has 3 heteroatoms. The molecule has 8 atom stereocenters. The SMILES string of the molecule is ClC1(Cl)C[C@H]2C[C@@H]1[C@H]1[C@@H]3C[C@H]([C@H]4O[C@H]34)[C@H]21. The van der Waals surface area contributed by atoms with E-state index in [1.54, 1.807) is 0 Å². The lowest BCUT2D eigenvalue weighted by atomic mass is 9.71. The van der Waals surface area contributed by atoms with Crippen LogP contribution in [-0.4, -0.2) is 16.5 Å². The summed E-state index contributed by atoms with van der Waals surface area (Å²) in [6.45, 7) is 0. The van der Waals surface area contributed by atoms with Gasteiger partial charge in [-0.2, -0.15) is 0 Å². The van der Waals surface area contributed by atoms with Crippen molar-refractivity contribution in [3.63, 3.8) is 0 Å². The fourth-order valence-corrected chi connectivity index (χ4v) is 6.64. The largest absolute Gasteiger partial charge is 0.369 e. The van der Waals surface area contributed by atoms with Gasteiger partial charge in [-0.05, 0) is 54.8 Å². The van der Waals surface area contributed by atoms with Gasteiger partial charge in [0.2, 0.25) is 0 Å². The van der Waals surface area contributed by atoms with Gasteiger partial charge in [-0.1, -0.05) is 0 Å². The van der Waals surface area contributed by atoms with Crippen molar-refractivity contribution in [2.75, 3.05) is 0 Å². The fraction of sp³-hybridized carbons (Fsp3) is 1.00. The van der Waals surface area contributed by atoms with Crippen molar-refractivity contribution < 1.29 is 4.74 Å². The number of ether oxygens (including phenoxy) is 1. The molecule has 82 valence electrons. The number of halogens is 2. The van der Waals surface area contributed by atoms with E-state index >= 15 is 0 Å². The minimum Gasteiger partial charge on any atom is -0.369 e. The van der Waals surface area contributed by atoms with Crippen LogP contribution in [0.3, 0.4) is 0 Å². The number of alkyl halides is 2. The average Bonchev–Trinajstić information content (AvgIpc) is 2.54. The zero-order valence-electron chi connectivity index (χ0n) is 8.40. The summed E-state index contributed by atoms with van der Waals surface area (Å²) in [4.78, 5) is 0. The maximum atomic E-state index is 6.45. The molecule has 4 aliphatic carbocycles. The lowest BCUT2D eigenvalue weighted by molar-refractivity contribution is 0.158. The summed E-state index contributed by atoms with van der Waals surface area (Å²) in [6.07, 6.45) is 5.02. The molecule has 5 rings (SSSR count). The molecule has 0 N–H and O–H groups in total. The van der Waals surface area contributed by atoms with Gasteiger partial charge in [0, 0.05) is 0 Å². The van der Waals surface area contributed by atoms with E-state index in [4.69, 9.17) is 27.9 Å². The summed E-state index contributed by atoms with van der Waals surface area (Å²) in [6, 6.07) is 0. The van der Waals surface area contributed by atoms with E-state index in [2.05, 4.69) is 0 Å². The van der Waals surface area contributed by atoms with Crippen LogP contribution in [0, 0.1) is 35.5 Å². The number of epoxide rings is 1. The van der Waals surface area contributed by atoms with E-state index in [9.17, 15) is 0 Å². The number of rotatable bonds is 0. The second-order valence-electron chi connectivity index (χ2n) is 6.35. The van der Waals surface area contributed by atoms with Crippen LogP contribution in [-0.2, 0) is 4.74 Å². The molecule has 1 heterocycles. The summed E-state index contributed by atoms with van der Waals surface area (Å²) in [5.41, 5.74) is 0. The van der Waals surface area contributed by atoms with E-state index in [0.29, 0.717) is 18.1 Å².